The van der Waals surface area contributed by atoms with E-state index in [1.54, 1.807) is 25.3 Å². The minimum absolute atomic E-state index is 0.101. The van der Waals surface area contributed by atoms with E-state index in [2.05, 4.69) is 15.5 Å². The summed E-state index contributed by atoms with van der Waals surface area (Å²) in [7, 11) is 1.59. The average Bonchev–Trinajstić information content (AvgIpc) is 3.44. The van der Waals surface area contributed by atoms with E-state index < -0.39 is 0 Å². The lowest BCUT2D eigenvalue weighted by atomic mass is 10.1. The molecule has 0 atom stereocenters. The number of carbonyl (C=O) groups is 3. The van der Waals surface area contributed by atoms with E-state index in [-0.39, 0.29) is 43.0 Å². The Labute approximate surface area is 206 Å². The number of nitrogens with one attached hydrogen (secondary N) is 1. The summed E-state index contributed by atoms with van der Waals surface area (Å²) in [6, 6.07) is 14.9. The van der Waals surface area contributed by atoms with Gasteiger partial charge in [-0.25, -0.2) is 0 Å². The van der Waals surface area contributed by atoms with Gasteiger partial charge in [0.1, 0.15) is 5.75 Å². The Morgan fingerprint density at radius 1 is 1.14 bits per heavy atom. The van der Waals surface area contributed by atoms with E-state index in [0.717, 1.165) is 39.1 Å². The SMILES string of the molecule is COc1ccc(-c2noc(CCC(=O)NCCN3C(=O)S/C(=C\c4ccc(C)cc4)C3=O)n2)cc1. The summed E-state index contributed by atoms with van der Waals surface area (Å²) in [4.78, 5) is 42.9. The van der Waals surface area contributed by atoms with Crippen LogP contribution in [0.2, 0.25) is 0 Å². The zero-order valence-corrected chi connectivity index (χ0v) is 20.1. The highest BCUT2D eigenvalue weighted by atomic mass is 32.2. The van der Waals surface area contributed by atoms with Crippen molar-refractivity contribution >= 4 is 34.9 Å². The largest absolute Gasteiger partial charge is 0.497 e. The summed E-state index contributed by atoms with van der Waals surface area (Å²) in [5.41, 5.74) is 2.74. The van der Waals surface area contributed by atoms with E-state index in [1.807, 2.05) is 43.3 Å². The molecular formula is C25H24N4O5S. The third kappa shape index (κ3) is 6.15. The lowest BCUT2D eigenvalue weighted by Gasteiger charge is -2.12. The number of aryl methyl sites for hydroxylation is 2. The molecule has 10 heteroatoms. The maximum absolute atomic E-state index is 12.6. The van der Waals surface area contributed by atoms with Crippen LogP contribution in [0.25, 0.3) is 17.5 Å². The molecule has 2 aromatic carbocycles. The van der Waals surface area contributed by atoms with Gasteiger partial charge in [0.15, 0.2) is 0 Å². The van der Waals surface area contributed by atoms with Crippen molar-refractivity contribution in [3.05, 3.63) is 70.5 Å². The maximum Gasteiger partial charge on any atom is 0.293 e. The first kappa shape index (κ1) is 24.2. The Morgan fingerprint density at radius 2 is 1.89 bits per heavy atom. The van der Waals surface area contributed by atoms with E-state index in [9.17, 15) is 14.4 Å². The summed E-state index contributed by atoms with van der Waals surface area (Å²) >= 11 is 0.901. The zero-order valence-electron chi connectivity index (χ0n) is 19.3. The molecular weight excluding hydrogens is 468 g/mol. The summed E-state index contributed by atoms with van der Waals surface area (Å²) in [5, 5.41) is 6.32. The number of benzene rings is 2. The predicted molar refractivity (Wildman–Crippen MR) is 131 cm³/mol. The van der Waals surface area contributed by atoms with Gasteiger partial charge in [0.2, 0.25) is 17.6 Å². The smallest absolute Gasteiger partial charge is 0.293 e. The van der Waals surface area contributed by atoms with Crippen molar-refractivity contribution in [2.45, 2.75) is 19.8 Å². The molecule has 0 spiro atoms. The van der Waals surface area contributed by atoms with Crippen molar-refractivity contribution in [3.63, 3.8) is 0 Å². The fourth-order valence-corrected chi connectivity index (χ4v) is 4.20. The van der Waals surface area contributed by atoms with Crippen LogP contribution in [0, 0.1) is 6.92 Å². The van der Waals surface area contributed by atoms with Gasteiger partial charge in [-0.05, 0) is 54.6 Å². The van der Waals surface area contributed by atoms with Crippen LogP contribution in [0.15, 0.2) is 58.0 Å². The number of ether oxygens (including phenoxy) is 1. The summed E-state index contributed by atoms with van der Waals surface area (Å²) in [5.74, 6) is 0.908. The number of rotatable bonds is 9. The van der Waals surface area contributed by atoms with Crippen LogP contribution in [0.5, 0.6) is 5.75 Å². The molecule has 0 radical (unpaired) electrons. The number of hydrogen-bond acceptors (Lipinski definition) is 8. The number of imide groups is 1. The molecule has 0 bridgehead atoms. The summed E-state index contributed by atoms with van der Waals surface area (Å²) in [6.45, 7) is 2.24. The molecule has 0 saturated carbocycles. The average molecular weight is 493 g/mol. The Balaban J connectivity index is 1.23. The molecule has 1 aliphatic rings. The Bertz CT molecular complexity index is 1250. The van der Waals surface area contributed by atoms with Gasteiger partial charge in [-0.1, -0.05) is 35.0 Å². The van der Waals surface area contributed by atoms with Gasteiger partial charge in [0.25, 0.3) is 11.1 Å². The van der Waals surface area contributed by atoms with Crippen molar-refractivity contribution in [1.29, 1.82) is 0 Å². The van der Waals surface area contributed by atoms with Gasteiger partial charge < -0.3 is 14.6 Å². The highest BCUT2D eigenvalue weighted by molar-refractivity contribution is 8.18. The molecule has 0 aliphatic carbocycles. The summed E-state index contributed by atoms with van der Waals surface area (Å²) < 4.78 is 10.4. The summed E-state index contributed by atoms with van der Waals surface area (Å²) in [6.07, 6.45) is 2.11. The second-order valence-corrected chi connectivity index (χ2v) is 8.83. The van der Waals surface area contributed by atoms with Crippen molar-refractivity contribution in [3.8, 4) is 17.1 Å². The monoisotopic (exact) mass is 492 g/mol. The lowest BCUT2D eigenvalue weighted by molar-refractivity contribution is -0.124. The minimum Gasteiger partial charge on any atom is -0.497 e. The lowest BCUT2D eigenvalue weighted by Crippen LogP contribution is -2.37. The van der Waals surface area contributed by atoms with Crippen LogP contribution in [0.1, 0.15) is 23.4 Å². The first-order valence-electron chi connectivity index (χ1n) is 11.0. The molecule has 1 saturated heterocycles. The molecule has 3 amide bonds. The van der Waals surface area contributed by atoms with Gasteiger partial charge in [-0.15, -0.1) is 0 Å². The predicted octanol–water partition coefficient (Wildman–Crippen LogP) is 3.84. The number of methoxy groups -OCH3 is 1. The number of carbonyl (C=O) groups excluding carboxylic acids is 3. The Kier molecular flexibility index (Phi) is 7.61. The standard InChI is InChI=1S/C25H24N4O5S/c1-16-3-5-17(6-4-16)15-20-24(31)29(25(32)35-20)14-13-26-21(30)11-12-22-27-23(28-34-22)18-7-9-19(33-2)10-8-18/h3-10,15H,11-14H2,1-2H3,(H,26,30)/b20-15-. The fourth-order valence-electron chi connectivity index (χ4n) is 3.34. The zero-order chi connectivity index (χ0) is 24.8. The normalized spacial score (nSPS) is 14.6. The minimum atomic E-state index is -0.355. The van der Waals surface area contributed by atoms with E-state index in [1.165, 1.54) is 0 Å². The Morgan fingerprint density at radius 3 is 2.60 bits per heavy atom. The van der Waals surface area contributed by atoms with Gasteiger partial charge >= 0.3 is 0 Å². The van der Waals surface area contributed by atoms with Gasteiger partial charge in [-0.3, -0.25) is 19.3 Å². The molecule has 1 aromatic heterocycles. The highest BCUT2D eigenvalue weighted by Gasteiger charge is 2.34. The molecule has 1 N–H and O–H groups in total. The second-order valence-electron chi connectivity index (χ2n) is 7.83. The number of hydrogen-bond donors (Lipinski definition) is 1. The van der Waals surface area contributed by atoms with Crippen LogP contribution >= 0.6 is 11.8 Å². The van der Waals surface area contributed by atoms with Crippen LogP contribution in [0.3, 0.4) is 0 Å². The van der Waals surface area contributed by atoms with Crippen LogP contribution in [-0.2, 0) is 16.0 Å². The molecule has 9 nitrogen and oxygen atoms in total. The van der Waals surface area contributed by atoms with Gasteiger partial charge in [0, 0.05) is 31.5 Å². The topological polar surface area (TPSA) is 115 Å². The number of thioether (sulfide) groups is 1. The van der Waals surface area contributed by atoms with Crippen molar-refractivity contribution in [1.82, 2.24) is 20.4 Å². The third-order valence-corrected chi connectivity index (χ3v) is 6.20. The van der Waals surface area contributed by atoms with Crippen molar-refractivity contribution < 1.29 is 23.6 Å². The van der Waals surface area contributed by atoms with Gasteiger partial charge in [0.05, 0.1) is 12.0 Å². The van der Waals surface area contributed by atoms with Gasteiger partial charge in [-0.2, -0.15) is 4.98 Å². The van der Waals surface area contributed by atoms with Crippen LogP contribution in [-0.4, -0.2) is 52.3 Å². The number of nitrogens with zero attached hydrogens (tertiary/aromatic N) is 3. The van der Waals surface area contributed by atoms with Crippen LogP contribution in [0.4, 0.5) is 4.79 Å². The molecule has 3 aromatic rings. The van der Waals surface area contributed by atoms with Crippen LogP contribution < -0.4 is 10.1 Å². The molecule has 1 aliphatic heterocycles. The molecule has 0 unspecified atom stereocenters. The number of aromatic nitrogens is 2. The van der Waals surface area contributed by atoms with E-state index in [0.29, 0.717) is 16.6 Å². The van der Waals surface area contributed by atoms with Crippen molar-refractivity contribution in [2.75, 3.05) is 20.2 Å². The first-order valence-corrected chi connectivity index (χ1v) is 11.8. The highest BCUT2D eigenvalue weighted by Crippen LogP contribution is 2.31. The third-order valence-electron chi connectivity index (χ3n) is 5.29. The number of amides is 3. The van der Waals surface area contributed by atoms with Crippen molar-refractivity contribution in [2.24, 2.45) is 0 Å². The molecule has 4 rings (SSSR count). The Hall–Kier alpha value is -3.92. The molecule has 2 heterocycles. The second kappa shape index (κ2) is 11.0. The van der Waals surface area contributed by atoms with E-state index in [4.69, 9.17) is 9.26 Å². The molecule has 1 fully saturated rings. The van der Waals surface area contributed by atoms with E-state index >= 15 is 0 Å². The fraction of sp³-hybridized carbons (Fsp3) is 0.240. The molecule has 180 valence electrons. The quantitative estimate of drug-likeness (QED) is 0.448. The maximum atomic E-state index is 12.6. The first-order chi connectivity index (χ1) is 16.9. The molecule has 35 heavy (non-hydrogen) atoms.